The smallest absolute Gasteiger partial charge is 0.223 e. The summed E-state index contributed by atoms with van der Waals surface area (Å²) in [7, 11) is 0. The predicted octanol–water partition coefficient (Wildman–Crippen LogP) is 2.65. The fraction of sp³-hybridized carbons (Fsp3) is 0.500. The number of benzene rings is 1. The van der Waals surface area contributed by atoms with Gasteiger partial charge in [0.1, 0.15) is 0 Å². The number of aliphatic imine (C=N–C) groups is 1. The molecule has 0 bridgehead atoms. The van der Waals surface area contributed by atoms with E-state index in [0.29, 0.717) is 19.0 Å². The van der Waals surface area contributed by atoms with Gasteiger partial charge in [-0.1, -0.05) is 24.1 Å². The van der Waals surface area contributed by atoms with E-state index in [1.165, 1.54) is 12.0 Å². The molecule has 5 nitrogen and oxygen atoms in total. The minimum absolute atomic E-state index is 0. The van der Waals surface area contributed by atoms with Crippen molar-refractivity contribution in [1.82, 2.24) is 5.32 Å². The van der Waals surface area contributed by atoms with Gasteiger partial charge in [0, 0.05) is 24.7 Å². The number of anilines is 1. The van der Waals surface area contributed by atoms with Gasteiger partial charge >= 0.3 is 0 Å². The summed E-state index contributed by atoms with van der Waals surface area (Å²) in [5.41, 5.74) is 7.95. The van der Waals surface area contributed by atoms with E-state index >= 15 is 0 Å². The number of nitrogens with zero attached hydrogens (tertiary/aromatic N) is 1. The van der Waals surface area contributed by atoms with Gasteiger partial charge < -0.3 is 16.4 Å². The van der Waals surface area contributed by atoms with Gasteiger partial charge in [0.25, 0.3) is 0 Å². The van der Waals surface area contributed by atoms with Crippen molar-refractivity contribution in [3.63, 3.8) is 0 Å². The SMILES string of the molecule is Cc1ccc(NC(N)=NCCCNC(=O)C2CCC2)cc1.I. The van der Waals surface area contributed by atoms with Gasteiger partial charge in [-0.3, -0.25) is 9.79 Å². The molecule has 0 radical (unpaired) electrons. The van der Waals surface area contributed by atoms with Crippen molar-refractivity contribution in [3.8, 4) is 0 Å². The molecule has 0 unspecified atom stereocenters. The minimum Gasteiger partial charge on any atom is -0.370 e. The third-order valence-corrected chi connectivity index (χ3v) is 3.72. The molecule has 0 aliphatic heterocycles. The maximum absolute atomic E-state index is 11.6. The Hall–Kier alpha value is -1.31. The van der Waals surface area contributed by atoms with Gasteiger partial charge in [0.05, 0.1) is 0 Å². The zero-order chi connectivity index (χ0) is 15.1. The molecule has 1 aromatic carbocycles. The Labute approximate surface area is 149 Å². The lowest BCUT2D eigenvalue weighted by molar-refractivity contribution is -0.127. The van der Waals surface area contributed by atoms with E-state index in [2.05, 4.69) is 15.6 Å². The van der Waals surface area contributed by atoms with Crippen LogP contribution in [0, 0.1) is 12.8 Å². The Morgan fingerprint density at radius 3 is 2.59 bits per heavy atom. The summed E-state index contributed by atoms with van der Waals surface area (Å²) in [6, 6.07) is 7.98. The van der Waals surface area contributed by atoms with Crippen molar-refractivity contribution in [1.29, 1.82) is 0 Å². The Kier molecular flexibility index (Phi) is 8.22. The normalized spacial score (nSPS) is 14.7. The molecule has 2 rings (SSSR count). The summed E-state index contributed by atoms with van der Waals surface area (Å²) in [5.74, 6) is 0.849. The third kappa shape index (κ3) is 6.21. The molecule has 6 heteroatoms. The number of aryl methyl sites for hydroxylation is 1. The van der Waals surface area contributed by atoms with Crippen LogP contribution in [-0.4, -0.2) is 25.0 Å². The number of nitrogens with one attached hydrogen (secondary N) is 2. The molecule has 1 fully saturated rings. The molecule has 0 spiro atoms. The summed E-state index contributed by atoms with van der Waals surface area (Å²) >= 11 is 0. The molecule has 1 aliphatic carbocycles. The van der Waals surface area contributed by atoms with Crippen LogP contribution in [0.5, 0.6) is 0 Å². The van der Waals surface area contributed by atoms with Gasteiger partial charge in [-0.25, -0.2) is 0 Å². The van der Waals surface area contributed by atoms with Crippen LogP contribution in [0.4, 0.5) is 5.69 Å². The lowest BCUT2D eigenvalue weighted by atomic mass is 9.85. The monoisotopic (exact) mass is 416 g/mol. The predicted molar refractivity (Wildman–Crippen MR) is 102 cm³/mol. The molecule has 1 amide bonds. The molecular formula is C16H25IN4O. The molecule has 0 heterocycles. The number of amides is 1. The van der Waals surface area contributed by atoms with Crippen LogP contribution in [0.2, 0.25) is 0 Å². The summed E-state index contributed by atoms with van der Waals surface area (Å²) in [6.07, 6.45) is 4.06. The second-order valence-corrected chi connectivity index (χ2v) is 5.53. The van der Waals surface area contributed by atoms with E-state index in [-0.39, 0.29) is 35.8 Å². The van der Waals surface area contributed by atoms with Crippen LogP contribution in [0.3, 0.4) is 0 Å². The summed E-state index contributed by atoms with van der Waals surface area (Å²) in [6.45, 7) is 3.31. The molecular weight excluding hydrogens is 391 g/mol. The number of carbonyl (C=O) groups is 1. The number of halogens is 1. The number of rotatable bonds is 6. The van der Waals surface area contributed by atoms with Crippen LogP contribution in [0.1, 0.15) is 31.2 Å². The number of hydrogen-bond donors (Lipinski definition) is 3. The van der Waals surface area contributed by atoms with E-state index in [1.54, 1.807) is 0 Å². The summed E-state index contributed by atoms with van der Waals surface area (Å²) in [5, 5.41) is 5.99. The Balaban J connectivity index is 0.00000242. The highest BCUT2D eigenvalue weighted by atomic mass is 127. The highest BCUT2D eigenvalue weighted by Crippen LogP contribution is 2.25. The first-order valence-corrected chi connectivity index (χ1v) is 7.56. The van der Waals surface area contributed by atoms with Crippen LogP contribution in [-0.2, 0) is 4.79 Å². The molecule has 0 atom stereocenters. The molecule has 0 saturated heterocycles. The largest absolute Gasteiger partial charge is 0.370 e. The molecule has 4 N–H and O–H groups in total. The van der Waals surface area contributed by atoms with Crippen molar-refractivity contribution in [2.45, 2.75) is 32.6 Å². The molecule has 22 heavy (non-hydrogen) atoms. The van der Waals surface area contributed by atoms with Crippen LogP contribution in [0.25, 0.3) is 0 Å². The van der Waals surface area contributed by atoms with Crippen LogP contribution in [0.15, 0.2) is 29.3 Å². The second kappa shape index (κ2) is 9.66. The first-order chi connectivity index (χ1) is 10.1. The third-order valence-electron chi connectivity index (χ3n) is 3.72. The maximum Gasteiger partial charge on any atom is 0.223 e. The molecule has 1 saturated carbocycles. The zero-order valence-electron chi connectivity index (χ0n) is 13.0. The minimum atomic E-state index is 0. The number of carbonyl (C=O) groups excluding carboxylic acids is 1. The lowest BCUT2D eigenvalue weighted by Gasteiger charge is -2.23. The number of nitrogens with two attached hydrogens (primary N) is 1. The zero-order valence-corrected chi connectivity index (χ0v) is 15.3. The average Bonchev–Trinajstić information content (AvgIpc) is 2.39. The second-order valence-electron chi connectivity index (χ2n) is 5.53. The number of guanidine groups is 1. The highest BCUT2D eigenvalue weighted by molar-refractivity contribution is 14.0. The lowest BCUT2D eigenvalue weighted by Crippen LogP contribution is -2.35. The first kappa shape index (κ1) is 18.7. The van der Waals surface area contributed by atoms with E-state index in [0.717, 1.165) is 24.9 Å². The van der Waals surface area contributed by atoms with Gasteiger partial charge in [0.2, 0.25) is 5.91 Å². The van der Waals surface area contributed by atoms with Gasteiger partial charge in [-0.15, -0.1) is 24.0 Å². The molecule has 1 aromatic rings. The highest BCUT2D eigenvalue weighted by Gasteiger charge is 2.24. The Bertz CT molecular complexity index is 497. The van der Waals surface area contributed by atoms with E-state index in [1.807, 2.05) is 31.2 Å². The Morgan fingerprint density at radius 1 is 1.32 bits per heavy atom. The fourth-order valence-electron chi connectivity index (χ4n) is 2.13. The summed E-state index contributed by atoms with van der Waals surface area (Å²) < 4.78 is 0. The van der Waals surface area contributed by atoms with Crippen molar-refractivity contribution in [3.05, 3.63) is 29.8 Å². The quantitative estimate of drug-likeness (QED) is 0.289. The van der Waals surface area contributed by atoms with Crippen LogP contribution >= 0.6 is 24.0 Å². The van der Waals surface area contributed by atoms with Crippen molar-refractivity contribution in [2.24, 2.45) is 16.6 Å². The maximum atomic E-state index is 11.6. The van der Waals surface area contributed by atoms with Crippen molar-refractivity contribution < 1.29 is 4.79 Å². The van der Waals surface area contributed by atoms with E-state index in [9.17, 15) is 4.79 Å². The topological polar surface area (TPSA) is 79.5 Å². The standard InChI is InChI=1S/C16H24N4O.HI/c1-12-6-8-14(9-7-12)20-16(17)19-11-3-10-18-15(21)13-4-2-5-13;/h6-9,13H,2-5,10-11H2,1H3,(H,18,21)(H3,17,19,20);1H. The van der Waals surface area contributed by atoms with Crippen molar-refractivity contribution >= 4 is 41.5 Å². The molecule has 122 valence electrons. The fourth-order valence-corrected chi connectivity index (χ4v) is 2.13. The number of hydrogen-bond acceptors (Lipinski definition) is 2. The van der Waals surface area contributed by atoms with Crippen molar-refractivity contribution in [2.75, 3.05) is 18.4 Å². The first-order valence-electron chi connectivity index (χ1n) is 7.56. The summed E-state index contributed by atoms with van der Waals surface area (Å²) in [4.78, 5) is 15.9. The van der Waals surface area contributed by atoms with Gasteiger partial charge in [-0.05, 0) is 38.3 Å². The Morgan fingerprint density at radius 2 is 2.00 bits per heavy atom. The van der Waals surface area contributed by atoms with E-state index < -0.39 is 0 Å². The van der Waals surface area contributed by atoms with Crippen LogP contribution < -0.4 is 16.4 Å². The van der Waals surface area contributed by atoms with Gasteiger partial charge in [0.15, 0.2) is 5.96 Å². The van der Waals surface area contributed by atoms with Gasteiger partial charge in [-0.2, -0.15) is 0 Å². The van der Waals surface area contributed by atoms with E-state index in [4.69, 9.17) is 5.73 Å². The molecule has 0 aromatic heterocycles. The molecule has 1 aliphatic rings. The average molecular weight is 416 g/mol.